The number of rotatable bonds is 2. The predicted molar refractivity (Wildman–Crippen MR) is 65.1 cm³/mol. The molecule has 0 aliphatic rings. The molecule has 0 saturated heterocycles. The number of ether oxygens (including phenoxy) is 1. The van der Waals surface area contributed by atoms with E-state index in [1.54, 1.807) is 0 Å². The molecule has 0 radical (unpaired) electrons. The van der Waals surface area contributed by atoms with Crippen molar-refractivity contribution < 1.29 is 11.0 Å². The molecule has 0 aromatic heterocycles. The number of para-hydroxylation sites is 1. The summed E-state index contributed by atoms with van der Waals surface area (Å²) in [5.74, 6) is 0. The zero-order valence-electron chi connectivity index (χ0n) is 9.78. The Bertz CT molecular complexity index is 276. The summed E-state index contributed by atoms with van der Waals surface area (Å²) in [6.07, 6.45) is -0.509. The Morgan fingerprint density at radius 2 is 1.80 bits per heavy atom. The minimum absolute atomic E-state index is 0. The van der Waals surface area contributed by atoms with Crippen LogP contribution < -0.4 is 5.32 Å². The Hall–Kier alpha value is -1.51. The van der Waals surface area contributed by atoms with Crippen molar-refractivity contribution >= 4 is 11.8 Å². The van der Waals surface area contributed by atoms with Gasteiger partial charge in [-0.3, -0.25) is 5.32 Å². The lowest BCUT2D eigenvalue weighted by molar-refractivity contribution is 0.130. The molecule has 0 aliphatic carbocycles. The molecular weight excluding hydrogens is 190 g/mol. The molecule has 1 N–H and O–H groups in total. The van der Waals surface area contributed by atoms with Gasteiger partial charge in [0.2, 0.25) is 0 Å². The van der Waals surface area contributed by atoms with Crippen LogP contribution in [0, 0.1) is 0 Å². The van der Waals surface area contributed by atoms with Crippen LogP contribution in [0.1, 0.15) is 29.1 Å². The lowest BCUT2D eigenvalue weighted by atomic mass is 10.3. The Morgan fingerprint density at radius 1 is 1.27 bits per heavy atom. The van der Waals surface area contributed by atoms with E-state index < -0.39 is 6.09 Å². The Labute approximate surface area is 92.9 Å². The molecule has 1 rings (SSSR count). The molecule has 0 saturated carbocycles. The number of hydrogen-bond donors (Lipinski definition) is 1. The molecule has 0 unspecified atom stereocenters. The van der Waals surface area contributed by atoms with E-state index >= 15 is 0 Å². The van der Waals surface area contributed by atoms with Gasteiger partial charge < -0.3 is 4.74 Å². The van der Waals surface area contributed by atoms with Gasteiger partial charge in [-0.1, -0.05) is 32.0 Å². The van der Waals surface area contributed by atoms with Gasteiger partial charge in [-0.25, -0.2) is 4.79 Å². The third-order valence-corrected chi connectivity index (χ3v) is 1.36. The number of carbonyl (C=O) groups is 1. The molecule has 3 nitrogen and oxygen atoms in total. The molecule has 1 aromatic rings. The van der Waals surface area contributed by atoms with Gasteiger partial charge in [-0.05, 0) is 26.0 Å². The largest absolute Gasteiger partial charge is 0.447 e. The number of amides is 1. The van der Waals surface area contributed by atoms with Crippen molar-refractivity contribution in [2.24, 2.45) is 0 Å². The lowest BCUT2D eigenvalue weighted by Crippen LogP contribution is -2.17. The Balaban J connectivity index is 0. The minimum atomic E-state index is -0.416. The second-order valence-corrected chi connectivity index (χ2v) is 2.95. The summed E-state index contributed by atoms with van der Waals surface area (Å²) < 4.78 is 4.90. The van der Waals surface area contributed by atoms with Crippen molar-refractivity contribution in [1.29, 1.82) is 0 Å². The van der Waals surface area contributed by atoms with Crippen LogP contribution in [0.2, 0.25) is 0 Å². The highest BCUT2D eigenvalue weighted by molar-refractivity contribution is 5.84. The van der Waals surface area contributed by atoms with Crippen LogP contribution in [0.25, 0.3) is 0 Å². The molecule has 0 aliphatic heterocycles. The third kappa shape index (κ3) is 6.55. The van der Waals surface area contributed by atoms with Crippen LogP contribution in [0.5, 0.6) is 0 Å². The summed E-state index contributed by atoms with van der Waals surface area (Å²) in [4.78, 5) is 11.1. The van der Waals surface area contributed by atoms with E-state index in [1.807, 2.05) is 58.0 Å². The summed E-state index contributed by atoms with van der Waals surface area (Å²) in [7, 11) is 0. The minimum Gasteiger partial charge on any atom is -0.447 e. The summed E-state index contributed by atoms with van der Waals surface area (Å²) in [6.45, 7) is 7.62. The van der Waals surface area contributed by atoms with Gasteiger partial charge in [0.25, 0.3) is 0 Å². The molecular formula is C12H21NO2. The fourth-order valence-electron chi connectivity index (χ4n) is 0.883. The maximum atomic E-state index is 11.1. The first-order valence-electron chi connectivity index (χ1n) is 5.21. The van der Waals surface area contributed by atoms with Crippen molar-refractivity contribution in [3.8, 4) is 0 Å². The normalized spacial score (nSPS) is 8.87. The summed E-state index contributed by atoms with van der Waals surface area (Å²) in [6, 6.07) is 9.21. The molecule has 0 atom stereocenters. The van der Waals surface area contributed by atoms with Gasteiger partial charge in [-0.15, -0.1) is 0 Å². The number of nitrogens with one attached hydrogen (secondary N) is 1. The first-order valence-corrected chi connectivity index (χ1v) is 5.21. The van der Waals surface area contributed by atoms with Gasteiger partial charge in [0.1, 0.15) is 0 Å². The maximum absolute atomic E-state index is 11.1. The molecule has 86 valence electrons. The number of hydrogen-bond acceptors (Lipinski definition) is 2. The van der Waals surface area contributed by atoms with Crippen molar-refractivity contribution in [2.45, 2.75) is 33.8 Å². The summed E-state index contributed by atoms with van der Waals surface area (Å²) in [5.41, 5.74) is 0.744. The van der Waals surface area contributed by atoms with Crippen LogP contribution >= 0.6 is 0 Å². The average Bonchev–Trinajstić information content (AvgIpc) is 2.21. The SMILES string of the molecule is CC.CC(C)OC(=O)Nc1ccccc1.[HH]. The van der Waals surface area contributed by atoms with Crippen LogP contribution in [-0.4, -0.2) is 12.2 Å². The first-order chi connectivity index (χ1) is 7.18. The lowest BCUT2D eigenvalue weighted by Gasteiger charge is -2.08. The van der Waals surface area contributed by atoms with E-state index in [1.165, 1.54) is 0 Å². The van der Waals surface area contributed by atoms with Crippen LogP contribution in [-0.2, 0) is 4.74 Å². The molecule has 0 heterocycles. The summed E-state index contributed by atoms with van der Waals surface area (Å²) >= 11 is 0. The smallest absolute Gasteiger partial charge is 0.411 e. The molecule has 1 aromatic carbocycles. The highest BCUT2D eigenvalue weighted by atomic mass is 16.6. The van der Waals surface area contributed by atoms with Gasteiger partial charge in [0.05, 0.1) is 6.10 Å². The quantitative estimate of drug-likeness (QED) is 0.805. The fraction of sp³-hybridized carbons (Fsp3) is 0.417. The third-order valence-electron chi connectivity index (χ3n) is 1.36. The van der Waals surface area contributed by atoms with Crippen LogP contribution in [0.3, 0.4) is 0 Å². The molecule has 1 amide bonds. The van der Waals surface area contributed by atoms with Gasteiger partial charge in [0.15, 0.2) is 0 Å². The van der Waals surface area contributed by atoms with Crippen molar-refractivity contribution in [1.82, 2.24) is 0 Å². The predicted octanol–water partition coefficient (Wildman–Crippen LogP) is 3.92. The van der Waals surface area contributed by atoms with E-state index in [0.717, 1.165) is 5.69 Å². The first kappa shape index (κ1) is 13.5. The van der Waals surface area contributed by atoms with E-state index in [0.29, 0.717) is 0 Å². The standard InChI is InChI=1S/C10H13NO2.C2H6.H2/c1-8(2)13-10(12)11-9-6-4-3-5-7-9;1-2;/h3-8H,1-2H3,(H,11,12);1-2H3;1H. The van der Waals surface area contributed by atoms with Crippen molar-refractivity contribution in [3.63, 3.8) is 0 Å². The topological polar surface area (TPSA) is 38.3 Å². The van der Waals surface area contributed by atoms with Crippen LogP contribution in [0.15, 0.2) is 30.3 Å². The highest BCUT2D eigenvalue weighted by Crippen LogP contribution is 2.05. The second kappa shape index (κ2) is 7.85. The molecule has 15 heavy (non-hydrogen) atoms. The van der Waals surface area contributed by atoms with Gasteiger partial charge >= 0.3 is 6.09 Å². The molecule has 0 fully saturated rings. The number of benzene rings is 1. The zero-order valence-corrected chi connectivity index (χ0v) is 9.78. The van der Waals surface area contributed by atoms with Crippen molar-refractivity contribution in [2.75, 3.05) is 5.32 Å². The Morgan fingerprint density at radius 3 is 2.27 bits per heavy atom. The molecule has 0 bridgehead atoms. The molecule has 3 heteroatoms. The van der Waals surface area contributed by atoms with Crippen molar-refractivity contribution in [3.05, 3.63) is 30.3 Å². The Kier molecular flexibility index (Phi) is 7.06. The van der Waals surface area contributed by atoms with E-state index in [9.17, 15) is 4.79 Å². The van der Waals surface area contributed by atoms with E-state index in [-0.39, 0.29) is 7.53 Å². The maximum Gasteiger partial charge on any atom is 0.411 e. The molecule has 0 spiro atoms. The average molecular weight is 211 g/mol. The second-order valence-electron chi connectivity index (χ2n) is 2.95. The van der Waals surface area contributed by atoms with Gasteiger partial charge in [0, 0.05) is 7.11 Å². The van der Waals surface area contributed by atoms with E-state index in [4.69, 9.17) is 4.74 Å². The fourth-order valence-corrected chi connectivity index (χ4v) is 0.883. The monoisotopic (exact) mass is 211 g/mol. The van der Waals surface area contributed by atoms with E-state index in [2.05, 4.69) is 5.32 Å². The van der Waals surface area contributed by atoms with Gasteiger partial charge in [-0.2, -0.15) is 0 Å². The van der Waals surface area contributed by atoms with Crippen LogP contribution in [0.4, 0.5) is 10.5 Å². The number of carbonyl (C=O) groups excluding carboxylic acids is 1. The number of anilines is 1. The summed E-state index contributed by atoms with van der Waals surface area (Å²) in [5, 5.41) is 2.61. The zero-order chi connectivity index (χ0) is 11.7. The highest BCUT2D eigenvalue weighted by Gasteiger charge is 2.03.